The van der Waals surface area contributed by atoms with Gasteiger partial charge < -0.3 is 5.32 Å². The van der Waals surface area contributed by atoms with Crippen molar-refractivity contribution >= 4 is 11.3 Å². The van der Waals surface area contributed by atoms with Crippen LogP contribution in [-0.2, 0) is 12.8 Å². The lowest BCUT2D eigenvalue weighted by Gasteiger charge is -2.18. The number of hydrogen-bond acceptors (Lipinski definition) is 2. The monoisotopic (exact) mass is 301 g/mol. The van der Waals surface area contributed by atoms with Gasteiger partial charge in [-0.05, 0) is 62.6 Å². The second-order valence-electron chi connectivity index (χ2n) is 5.80. The molecule has 0 radical (unpaired) electrons. The van der Waals surface area contributed by atoms with Gasteiger partial charge in [-0.2, -0.15) is 0 Å². The highest BCUT2D eigenvalue weighted by atomic mass is 32.1. The van der Waals surface area contributed by atoms with Gasteiger partial charge in [-0.25, -0.2) is 0 Å². The summed E-state index contributed by atoms with van der Waals surface area (Å²) in [5.74, 6) is 0. The van der Waals surface area contributed by atoms with Gasteiger partial charge in [-0.3, -0.25) is 0 Å². The van der Waals surface area contributed by atoms with E-state index in [1.807, 2.05) is 11.3 Å². The summed E-state index contributed by atoms with van der Waals surface area (Å²) in [4.78, 5) is 1.51. The molecule has 1 aromatic heterocycles. The topological polar surface area (TPSA) is 12.0 Å². The summed E-state index contributed by atoms with van der Waals surface area (Å²) >= 11 is 1.88. The summed E-state index contributed by atoms with van der Waals surface area (Å²) in [6, 6.07) is 14.0. The fraction of sp³-hybridized carbons (Fsp3) is 0.474. The van der Waals surface area contributed by atoms with Gasteiger partial charge in [-0.15, -0.1) is 11.3 Å². The zero-order valence-corrected chi connectivity index (χ0v) is 14.1. The Kier molecular flexibility index (Phi) is 6.98. The molecule has 1 atom stereocenters. The molecule has 0 saturated heterocycles. The van der Waals surface area contributed by atoms with Gasteiger partial charge in [0.2, 0.25) is 0 Å². The van der Waals surface area contributed by atoms with E-state index in [9.17, 15) is 0 Å². The van der Waals surface area contributed by atoms with E-state index in [1.54, 1.807) is 0 Å². The first-order chi connectivity index (χ1) is 10.3. The lowest BCUT2D eigenvalue weighted by atomic mass is 10.00. The predicted octanol–water partition coefficient (Wildman–Crippen LogP) is 4.99. The molecule has 0 aliphatic carbocycles. The molecular weight excluding hydrogens is 274 g/mol. The summed E-state index contributed by atoms with van der Waals surface area (Å²) in [7, 11) is 0. The van der Waals surface area contributed by atoms with Crippen LogP contribution in [0.3, 0.4) is 0 Å². The van der Waals surface area contributed by atoms with E-state index in [0.29, 0.717) is 6.04 Å². The van der Waals surface area contributed by atoms with Crippen LogP contribution in [0.15, 0.2) is 41.8 Å². The second-order valence-corrected chi connectivity index (χ2v) is 6.83. The first kappa shape index (κ1) is 16.3. The van der Waals surface area contributed by atoms with Crippen molar-refractivity contribution in [3.63, 3.8) is 0 Å². The first-order valence-corrected chi connectivity index (χ1v) is 8.97. The molecule has 0 aliphatic rings. The molecule has 2 aromatic rings. The molecule has 1 heterocycles. The molecule has 2 rings (SSSR count). The molecule has 1 nitrogen and oxygen atoms in total. The number of hydrogen-bond donors (Lipinski definition) is 1. The highest BCUT2D eigenvalue weighted by Gasteiger charge is 2.09. The highest BCUT2D eigenvalue weighted by Crippen LogP contribution is 2.15. The van der Waals surface area contributed by atoms with E-state index in [-0.39, 0.29) is 0 Å². The normalized spacial score (nSPS) is 12.5. The van der Waals surface area contributed by atoms with Crippen molar-refractivity contribution in [1.29, 1.82) is 0 Å². The Morgan fingerprint density at radius 3 is 2.67 bits per heavy atom. The van der Waals surface area contributed by atoms with Crippen molar-refractivity contribution in [2.24, 2.45) is 0 Å². The fourth-order valence-electron chi connectivity index (χ4n) is 2.68. The molecule has 2 heteroatoms. The summed E-state index contributed by atoms with van der Waals surface area (Å²) in [6.45, 7) is 5.54. The molecule has 1 N–H and O–H groups in total. The van der Waals surface area contributed by atoms with Crippen molar-refractivity contribution in [2.75, 3.05) is 6.54 Å². The average molecular weight is 301 g/mol. The van der Waals surface area contributed by atoms with E-state index < -0.39 is 0 Å². The smallest absolute Gasteiger partial charge is 0.00736 e. The van der Waals surface area contributed by atoms with Gasteiger partial charge in [0, 0.05) is 10.9 Å². The van der Waals surface area contributed by atoms with Crippen LogP contribution in [0.25, 0.3) is 0 Å². The Morgan fingerprint density at radius 2 is 1.95 bits per heavy atom. The molecule has 1 aromatic carbocycles. The third-order valence-corrected chi connectivity index (χ3v) is 4.80. The standard InChI is InChI=1S/C19H27NS/c1-3-13-20-18(11-12-19-8-5-14-21-19)10-9-17-7-4-6-16(2)15-17/h4-8,14-15,18,20H,3,9-13H2,1-2H3. The minimum absolute atomic E-state index is 0.632. The molecule has 0 fully saturated rings. The van der Waals surface area contributed by atoms with E-state index in [1.165, 1.54) is 48.1 Å². The predicted molar refractivity (Wildman–Crippen MR) is 94.2 cm³/mol. The molecule has 0 bridgehead atoms. The Labute approximate surface area is 133 Å². The van der Waals surface area contributed by atoms with E-state index in [0.717, 1.165) is 6.54 Å². The van der Waals surface area contributed by atoms with E-state index >= 15 is 0 Å². The van der Waals surface area contributed by atoms with Crippen LogP contribution in [-0.4, -0.2) is 12.6 Å². The number of rotatable bonds is 9. The number of thiophene rings is 1. The van der Waals surface area contributed by atoms with Crippen molar-refractivity contribution in [3.8, 4) is 0 Å². The zero-order valence-electron chi connectivity index (χ0n) is 13.3. The minimum atomic E-state index is 0.632. The van der Waals surface area contributed by atoms with Gasteiger partial charge in [0.25, 0.3) is 0 Å². The second kappa shape index (κ2) is 9.01. The Bertz CT molecular complexity index is 504. The number of aryl methyl sites for hydroxylation is 3. The summed E-state index contributed by atoms with van der Waals surface area (Å²) in [5.41, 5.74) is 2.83. The minimum Gasteiger partial charge on any atom is -0.314 e. The molecule has 114 valence electrons. The Hall–Kier alpha value is -1.12. The van der Waals surface area contributed by atoms with Crippen LogP contribution < -0.4 is 5.32 Å². The Morgan fingerprint density at radius 1 is 1.10 bits per heavy atom. The van der Waals surface area contributed by atoms with Crippen LogP contribution in [0, 0.1) is 6.92 Å². The van der Waals surface area contributed by atoms with Crippen LogP contribution >= 0.6 is 11.3 Å². The van der Waals surface area contributed by atoms with Crippen molar-refractivity contribution in [1.82, 2.24) is 5.32 Å². The summed E-state index contributed by atoms with van der Waals surface area (Å²) in [6.07, 6.45) is 6.06. The van der Waals surface area contributed by atoms with Gasteiger partial charge in [-0.1, -0.05) is 42.8 Å². The zero-order chi connectivity index (χ0) is 14.9. The first-order valence-electron chi connectivity index (χ1n) is 8.09. The molecule has 1 unspecified atom stereocenters. The maximum absolute atomic E-state index is 3.72. The van der Waals surface area contributed by atoms with E-state index in [2.05, 4.69) is 60.9 Å². The number of benzene rings is 1. The maximum atomic E-state index is 3.72. The summed E-state index contributed by atoms with van der Waals surface area (Å²) in [5, 5.41) is 5.90. The van der Waals surface area contributed by atoms with Crippen LogP contribution in [0.2, 0.25) is 0 Å². The molecule has 0 amide bonds. The van der Waals surface area contributed by atoms with Crippen LogP contribution in [0.4, 0.5) is 0 Å². The lowest BCUT2D eigenvalue weighted by Crippen LogP contribution is -2.30. The van der Waals surface area contributed by atoms with Gasteiger partial charge in [0.05, 0.1) is 0 Å². The lowest BCUT2D eigenvalue weighted by molar-refractivity contribution is 0.454. The quantitative estimate of drug-likeness (QED) is 0.688. The third-order valence-electron chi connectivity index (χ3n) is 3.87. The molecule has 0 aliphatic heterocycles. The van der Waals surface area contributed by atoms with Gasteiger partial charge in [0.15, 0.2) is 0 Å². The molecule has 21 heavy (non-hydrogen) atoms. The number of nitrogens with one attached hydrogen (secondary N) is 1. The van der Waals surface area contributed by atoms with Crippen LogP contribution in [0.1, 0.15) is 42.2 Å². The largest absolute Gasteiger partial charge is 0.314 e. The molecule has 0 saturated carbocycles. The summed E-state index contributed by atoms with van der Waals surface area (Å²) < 4.78 is 0. The molecule has 0 spiro atoms. The van der Waals surface area contributed by atoms with Gasteiger partial charge >= 0.3 is 0 Å². The SMILES string of the molecule is CCCNC(CCc1cccc(C)c1)CCc1cccs1. The van der Waals surface area contributed by atoms with Gasteiger partial charge in [0.1, 0.15) is 0 Å². The Balaban J connectivity index is 1.83. The van der Waals surface area contributed by atoms with Crippen LogP contribution in [0.5, 0.6) is 0 Å². The van der Waals surface area contributed by atoms with Crippen molar-refractivity contribution < 1.29 is 0 Å². The average Bonchev–Trinajstić information content (AvgIpc) is 3.00. The van der Waals surface area contributed by atoms with Crippen molar-refractivity contribution in [2.45, 2.75) is 52.0 Å². The third kappa shape index (κ3) is 6.03. The molecular formula is C19H27NS. The van der Waals surface area contributed by atoms with Crippen molar-refractivity contribution in [3.05, 3.63) is 57.8 Å². The highest BCUT2D eigenvalue weighted by molar-refractivity contribution is 7.09. The van der Waals surface area contributed by atoms with E-state index in [4.69, 9.17) is 0 Å². The fourth-order valence-corrected chi connectivity index (χ4v) is 3.40. The maximum Gasteiger partial charge on any atom is 0.00736 e.